The second-order valence-corrected chi connectivity index (χ2v) is 33.5. The van der Waals surface area contributed by atoms with Crippen LogP contribution in [0.4, 0.5) is 49.4 Å². The molecule has 4 aliphatic heterocycles. The van der Waals surface area contributed by atoms with Gasteiger partial charge < -0.3 is 53.8 Å². The van der Waals surface area contributed by atoms with Crippen LogP contribution < -0.4 is 19.6 Å². The molecule has 12 heterocycles. The van der Waals surface area contributed by atoms with E-state index in [1.165, 1.54) is 73.1 Å². The summed E-state index contributed by atoms with van der Waals surface area (Å²) in [6.45, 7) is 18.9. The number of carbonyl (C=O) groups excluding carboxylic acids is 4. The van der Waals surface area contributed by atoms with E-state index < -0.39 is 24.4 Å². The highest BCUT2D eigenvalue weighted by Gasteiger charge is 2.47. The van der Waals surface area contributed by atoms with E-state index in [9.17, 15) is 45.5 Å². The lowest BCUT2D eigenvalue weighted by molar-refractivity contribution is -0.181. The molecular formula is C85H105F6N21O5S. The molecule has 8 atom stereocenters. The number of piperazine rings is 4. The first kappa shape index (κ1) is 85.3. The molecule has 12 aromatic rings. The van der Waals surface area contributed by atoms with Crippen LogP contribution in [0.15, 0.2) is 132 Å². The molecular weight excluding hydrogens is 1540 g/mol. The average molecular weight is 1650 g/mol. The lowest BCUT2D eigenvalue weighted by Crippen LogP contribution is -2.57. The fourth-order valence-electron chi connectivity index (χ4n) is 15.9. The fourth-order valence-corrected chi connectivity index (χ4v) is 16.8. The third-order valence-electron chi connectivity index (χ3n) is 23.1. The van der Waals surface area contributed by atoms with Crippen molar-refractivity contribution in [3.05, 3.63) is 173 Å². The third kappa shape index (κ3) is 21.1. The van der Waals surface area contributed by atoms with E-state index in [-0.39, 0.29) is 109 Å². The molecule has 8 unspecified atom stereocenters. The van der Waals surface area contributed by atoms with Crippen molar-refractivity contribution in [3.8, 4) is 0 Å². The number of carbonyl (C=O) groups is 4. The maximum atomic E-state index is 13.2. The maximum absolute atomic E-state index is 13.2. The molecule has 6 N–H and O–H groups in total. The van der Waals surface area contributed by atoms with E-state index in [2.05, 4.69) is 163 Å². The Morgan fingerprint density at radius 1 is 0.449 bits per heavy atom. The van der Waals surface area contributed by atoms with Gasteiger partial charge in [-0.1, -0.05) is 112 Å². The molecule has 33 heteroatoms. The Labute approximate surface area is 684 Å². The summed E-state index contributed by atoms with van der Waals surface area (Å²) < 4.78 is 85.0. The van der Waals surface area contributed by atoms with Gasteiger partial charge in [-0.05, 0) is 138 Å². The Bertz CT molecular complexity index is 5020. The first-order valence-electron chi connectivity index (χ1n) is 40.4. The number of ketones is 4. The Morgan fingerprint density at radius 3 is 1.20 bits per heavy atom. The first-order chi connectivity index (χ1) is 56.5. The summed E-state index contributed by atoms with van der Waals surface area (Å²) in [5.74, 6) is 1.64. The van der Waals surface area contributed by atoms with Crippen LogP contribution in [0.25, 0.3) is 43.6 Å². The highest BCUT2D eigenvalue weighted by molar-refractivity contribution is 7.17. The van der Waals surface area contributed by atoms with Crippen LogP contribution in [0.1, 0.15) is 131 Å². The molecule has 16 rings (SSSR count). The number of nitrogens with zero attached hydrogens (tertiary/aromatic N) is 15. The highest BCUT2D eigenvalue weighted by atomic mass is 32.1. The number of benzene rings is 4. The Morgan fingerprint density at radius 2 is 0.797 bits per heavy atom. The number of aromatic amines is 6. The molecule has 118 heavy (non-hydrogen) atoms. The zero-order valence-corrected chi connectivity index (χ0v) is 69.1. The Balaban J connectivity index is 0.000000137. The van der Waals surface area contributed by atoms with E-state index >= 15 is 0 Å². The molecule has 0 aliphatic carbocycles. The fraction of sp³-hybridized carbons (Fsp3) is 0.471. The van der Waals surface area contributed by atoms with Gasteiger partial charge in [-0.2, -0.15) is 36.3 Å². The summed E-state index contributed by atoms with van der Waals surface area (Å²) in [5, 5.41) is 28.4. The summed E-state index contributed by atoms with van der Waals surface area (Å²) in [6.07, 6.45) is 5.33. The number of hydrogen-bond acceptors (Lipinski definition) is 21. The molecule has 0 saturated carbocycles. The molecule has 628 valence electrons. The summed E-state index contributed by atoms with van der Waals surface area (Å²) in [6, 6.07) is 30.4. The predicted molar refractivity (Wildman–Crippen MR) is 448 cm³/mol. The average Bonchev–Trinajstić information content (AvgIpc) is 1.86. The molecule has 4 aliphatic rings. The number of rotatable bonds is 24. The number of aromatic nitrogens is 13. The molecule has 4 aromatic carbocycles. The quantitative estimate of drug-likeness (QED) is 0.0242. The maximum Gasteiger partial charge on any atom is 0.405 e. The number of hydrogen-bond donors (Lipinski definition) is 6. The van der Waals surface area contributed by atoms with Crippen LogP contribution in [-0.4, -0.2) is 251 Å². The molecule has 0 radical (unpaired) electrons. The number of nitrogens with one attached hydrogen (secondary N) is 6. The number of alkyl halides is 6. The summed E-state index contributed by atoms with van der Waals surface area (Å²) in [5.41, 5.74) is 9.19. The molecule has 0 bridgehead atoms. The number of para-hydroxylation sites is 4. The minimum absolute atomic E-state index is 0.0215. The van der Waals surface area contributed by atoms with Crippen LogP contribution in [0.5, 0.6) is 0 Å². The largest absolute Gasteiger partial charge is 0.420 e. The van der Waals surface area contributed by atoms with Crippen molar-refractivity contribution in [1.29, 1.82) is 0 Å². The molecule has 26 nitrogen and oxygen atoms in total. The number of likely N-dealkylation sites (N-methyl/N-ethyl adjacent to an activating group) is 4. The lowest BCUT2D eigenvalue weighted by atomic mass is 9.95. The van der Waals surface area contributed by atoms with E-state index in [0.717, 1.165) is 114 Å². The van der Waals surface area contributed by atoms with Gasteiger partial charge in [0.15, 0.2) is 45.5 Å². The van der Waals surface area contributed by atoms with E-state index in [0.29, 0.717) is 54.8 Å². The first-order valence-corrected chi connectivity index (χ1v) is 41.2. The smallest absolute Gasteiger partial charge is 0.405 e. The van der Waals surface area contributed by atoms with Crippen LogP contribution in [0.2, 0.25) is 0 Å². The van der Waals surface area contributed by atoms with Crippen LogP contribution in [-0.2, 0) is 25.7 Å². The van der Waals surface area contributed by atoms with Crippen molar-refractivity contribution >= 4 is 101 Å². The van der Waals surface area contributed by atoms with Gasteiger partial charge in [-0.25, -0.2) is 4.98 Å². The van der Waals surface area contributed by atoms with Gasteiger partial charge in [0.25, 0.3) is 6.01 Å². The van der Waals surface area contributed by atoms with Crippen molar-refractivity contribution in [2.45, 2.75) is 129 Å². The highest BCUT2D eigenvalue weighted by Crippen LogP contribution is 2.34. The topological polar surface area (TPSA) is 292 Å². The van der Waals surface area contributed by atoms with Crippen molar-refractivity contribution in [2.24, 2.45) is 23.7 Å². The normalized spacial score (nSPS) is 19.2. The number of oxazole rings is 1. The molecule has 8 aromatic heterocycles. The second kappa shape index (κ2) is 37.6. The standard InChI is InChI=1S/C22H25F3N4O2.C21H25F3N6O.C21H28N6O.C21H27N5OS/c1-14(9-15-11-26-17-6-4-3-5-16(15)17)10-18(30)19-12-27-21(31-19)29-8-7-28(2)20(13-29)22(23,24)25;1-13(9-14-11-25-16-6-4-3-5-15(14)16)10-17(31)19-26-20(28-27-19)30-8-7-29(2)18(12-30)21(22,23)24;1-14(10-16-12-22-18-7-5-4-6-17(16)18)11-19(28)20-23-21(25-24-20)27-9-8-26(3)15(2)13-27;1-14(10-16-12-22-18-7-5-4-6-17(16)18)11-19(27)20-23-24-21(28-20)26-9-8-25(3)15(2)13-26/h3-6,11-12,14,20,26H,7-10,13H2,1-2H3;3-6,11,13,18,25H,7-10,12H2,1-2H3,(H,26,27,28);4-7,12,14-15,22H,8-11,13H2,1-3H3,(H,23,24,25);4-7,12,14-15,22H,8-11,13H2,1-3H3. The van der Waals surface area contributed by atoms with Gasteiger partial charge in [-0.15, -0.1) is 20.4 Å². The van der Waals surface area contributed by atoms with Gasteiger partial charge in [-0.3, -0.25) is 39.2 Å². The summed E-state index contributed by atoms with van der Waals surface area (Å²) in [7, 11) is 7.18. The lowest BCUT2D eigenvalue weighted by Gasteiger charge is -2.39. The van der Waals surface area contributed by atoms with E-state index in [4.69, 9.17) is 4.42 Å². The van der Waals surface area contributed by atoms with Crippen LogP contribution in [0, 0.1) is 23.7 Å². The van der Waals surface area contributed by atoms with Gasteiger partial charge >= 0.3 is 12.4 Å². The molecule has 0 spiro atoms. The van der Waals surface area contributed by atoms with Crippen molar-refractivity contribution in [3.63, 3.8) is 0 Å². The van der Waals surface area contributed by atoms with Gasteiger partial charge in [0.05, 0.1) is 6.20 Å². The van der Waals surface area contributed by atoms with Crippen molar-refractivity contribution in [1.82, 2.24) is 85.1 Å². The van der Waals surface area contributed by atoms with Crippen LogP contribution >= 0.6 is 11.3 Å². The monoisotopic (exact) mass is 1650 g/mol. The minimum Gasteiger partial charge on any atom is -0.420 e. The van der Waals surface area contributed by atoms with Gasteiger partial charge in [0.2, 0.25) is 17.0 Å². The molecule has 0 amide bonds. The number of H-pyrrole nitrogens is 6. The van der Waals surface area contributed by atoms with Crippen molar-refractivity contribution in [2.75, 3.05) is 126 Å². The van der Waals surface area contributed by atoms with E-state index in [1.807, 2.05) is 99.2 Å². The SMILES string of the molecule is CC(CC(=O)c1cnc(N2CCN(C)C(C(F)(F)F)C2)o1)Cc1c[nH]c2ccccc12.CC(CC(=O)c1nc(N2CCN(C)C(C(F)(F)F)C2)n[nH]1)Cc1c[nH]c2ccccc12.CC(CC(=O)c1nc(N2CCN(C)C(C)C2)n[nH]1)Cc1c[nH]c2ccccc12.CC(CC(=O)c1nnc(N2CCN(C)C(C)C2)s1)Cc1c[nH]c2ccccc12. The number of halogens is 6. The van der Waals surface area contributed by atoms with Gasteiger partial charge in [0.1, 0.15) is 12.1 Å². The van der Waals surface area contributed by atoms with Crippen LogP contribution in [0.3, 0.4) is 0 Å². The molecule has 4 saturated heterocycles. The second-order valence-electron chi connectivity index (χ2n) is 32.6. The minimum atomic E-state index is -4.34. The number of anilines is 4. The number of fused-ring (bicyclic) bond motifs is 4. The summed E-state index contributed by atoms with van der Waals surface area (Å²) in [4.78, 5) is 91.1. The third-order valence-corrected chi connectivity index (χ3v) is 24.1. The van der Waals surface area contributed by atoms with E-state index in [1.54, 1.807) is 0 Å². The van der Waals surface area contributed by atoms with Crippen molar-refractivity contribution < 1.29 is 49.9 Å². The molecule has 4 fully saturated rings. The number of Topliss-reactive ketones (excluding diaryl/α,β-unsaturated/α-hetero) is 4. The zero-order chi connectivity index (χ0) is 83.7. The Hall–Kier alpha value is -10.6. The zero-order valence-electron chi connectivity index (χ0n) is 68.3. The van der Waals surface area contributed by atoms with Gasteiger partial charge in [0, 0.05) is 185 Å². The summed E-state index contributed by atoms with van der Waals surface area (Å²) >= 11 is 1.43. The Kier molecular flexibility index (Phi) is 27.1. The predicted octanol–water partition coefficient (Wildman–Crippen LogP) is 14.2.